The van der Waals surface area contributed by atoms with E-state index in [-0.39, 0.29) is 11.8 Å². The fraction of sp³-hybridized carbons (Fsp3) is 0.286. The molecule has 2 heterocycles. The molecule has 0 bridgehead atoms. The number of hydrogen-bond acceptors (Lipinski definition) is 4. The molecule has 6 nitrogen and oxygen atoms in total. The minimum Gasteiger partial charge on any atom is -0.454 e. The van der Waals surface area contributed by atoms with Crippen molar-refractivity contribution in [3.05, 3.63) is 61.4 Å². The van der Waals surface area contributed by atoms with Gasteiger partial charge in [0.2, 0.25) is 11.8 Å². The van der Waals surface area contributed by atoms with Crippen LogP contribution >= 0.6 is 0 Å². The topological polar surface area (TPSA) is 71.5 Å². The molecular formula is C21H23N3O3. The Kier molecular flexibility index (Phi) is 6.20. The number of amides is 2. The summed E-state index contributed by atoms with van der Waals surface area (Å²) in [7, 11) is 0. The van der Waals surface area contributed by atoms with Gasteiger partial charge in [-0.25, -0.2) is 0 Å². The van der Waals surface area contributed by atoms with Gasteiger partial charge in [0.05, 0.1) is 11.9 Å². The first-order valence-corrected chi connectivity index (χ1v) is 9.07. The Hall–Kier alpha value is -3.15. The lowest BCUT2D eigenvalue weighted by Gasteiger charge is -2.24. The van der Waals surface area contributed by atoms with E-state index >= 15 is 0 Å². The van der Waals surface area contributed by atoms with Crippen LogP contribution in [0.2, 0.25) is 0 Å². The molecule has 1 aliphatic heterocycles. The number of carbonyl (C=O) groups excluding carboxylic acids is 2. The van der Waals surface area contributed by atoms with Crippen LogP contribution in [0.4, 0.5) is 5.69 Å². The summed E-state index contributed by atoms with van der Waals surface area (Å²) in [5, 5.41) is 2.92. The number of likely N-dealkylation sites (tertiary alicyclic amines) is 1. The van der Waals surface area contributed by atoms with Crippen molar-refractivity contribution in [1.29, 1.82) is 0 Å². The first kappa shape index (κ1) is 18.6. The van der Waals surface area contributed by atoms with E-state index in [1.165, 1.54) is 0 Å². The zero-order valence-corrected chi connectivity index (χ0v) is 15.1. The molecule has 2 amide bonds. The Bertz CT molecular complexity index is 807. The molecule has 0 saturated carbocycles. The fourth-order valence-corrected chi connectivity index (χ4v) is 3.12. The van der Waals surface area contributed by atoms with E-state index in [0.29, 0.717) is 43.0 Å². The number of para-hydroxylation sites is 2. The first-order valence-electron chi connectivity index (χ1n) is 9.07. The molecule has 0 unspecified atom stereocenters. The van der Waals surface area contributed by atoms with Gasteiger partial charge in [-0.3, -0.25) is 14.6 Å². The van der Waals surface area contributed by atoms with Gasteiger partial charge in [-0.15, -0.1) is 6.58 Å². The normalized spacial score (nSPS) is 16.0. The predicted molar refractivity (Wildman–Crippen MR) is 104 cm³/mol. The molecule has 1 saturated heterocycles. The number of ether oxygens (including phenoxy) is 1. The Morgan fingerprint density at radius 1 is 1.30 bits per heavy atom. The van der Waals surface area contributed by atoms with Gasteiger partial charge in [-0.1, -0.05) is 18.2 Å². The molecule has 27 heavy (non-hydrogen) atoms. The van der Waals surface area contributed by atoms with Crippen LogP contribution in [-0.2, 0) is 9.59 Å². The van der Waals surface area contributed by atoms with E-state index in [0.717, 1.165) is 6.42 Å². The van der Waals surface area contributed by atoms with Gasteiger partial charge in [0.1, 0.15) is 11.8 Å². The molecule has 140 valence electrons. The summed E-state index contributed by atoms with van der Waals surface area (Å²) in [5.41, 5.74) is 0.566. The quantitative estimate of drug-likeness (QED) is 0.758. The highest BCUT2D eigenvalue weighted by Gasteiger charge is 2.33. The number of nitrogens with one attached hydrogen (secondary N) is 1. The lowest BCUT2D eigenvalue weighted by Crippen LogP contribution is -2.43. The van der Waals surface area contributed by atoms with Gasteiger partial charge in [-0.2, -0.15) is 0 Å². The van der Waals surface area contributed by atoms with Crippen LogP contribution in [-0.4, -0.2) is 34.3 Å². The number of benzene rings is 1. The average Bonchev–Trinajstić information content (AvgIpc) is 3.18. The maximum Gasteiger partial charge on any atom is 0.247 e. The van der Waals surface area contributed by atoms with Gasteiger partial charge >= 0.3 is 0 Å². The van der Waals surface area contributed by atoms with Crippen molar-refractivity contribution in [3.8, 4) is 11.5 Å². The second kappa shape index (κ2) is 8.98. The van der Waals surface area contributed by atoms with Crippen LogP contribution in [0.25, 0.3) is 0 Å². The standard InChI is InChI=1S/C21H23N3O3/c1-2-3-12-20(25)24-14-7-10-18(24)21(26)23-17-9-4-5-11-19(17)27-16-8-6-13-22-15-16/h2,4-6,8-9,11,13,15,18H,1,3,7,10,12,14H2,(H,23,26)/t18-/m0/s1. The van der Waals surface area contributed by atoms with Crippen molar-refractivity contribution in [2.75, 3.05) is 11.9 Å². The molecule has 2 aromatic rings. The van der Waals surface area contributed by atoms with Crippen LogP contribution in [0.5, 0.6) is 11.5 Å². The van der Waals surface area contributed by atoms with E-state index in [9.17, 15) is 9.59 Å². The molecule has 0 spiro atoms. The molecular weight excluding hydrogens is 342 g/mol. The SMILES string of the molecule is C=CCCC(=O)N1CCC[C@H]1C(=O)Nc1ccccc1Oc1cccnc1. The number of carbonyl (C=O) groups is 2. The number of nitrogens with zero attached hydrogens (tertiary/aromatic N) is 2. The number of hydrogen-bond donors (Lipinski definition) is 1. The highest BCUT2D eigenvalue weighted by atomic mass is 16.5. The van der Waals surface area contributed by atoms with E-state index in [4.69, 9.17) is 4.74 Å². The number of aromatic nitrogens is 1. The van der Waals surface area contributed by atoms with Gasteiger partial charge < -0.3 is 15.0 Å². The minimum atomic E-state index is -0.450. The molecule has 1 aliphatic rings. The number of rotatable bonds is 7. The second-order valence-electron chi connectivity index (χ2n) is 6.35. The van der Waals surface area contributed by atoms with E-state index in [1.54, 1.807) is 47.6 Å². The van der Waals surface area contributed by atoms with Gasteiger partial charge in [-0.05, 0) is 43.5 Å². The van der Waals surface area contributed by atoms with E-state index in [1.807, 2.05) is 12.1 Å². The van der Waals surface area contributed by atoms with Crippen molar-refractivity contribution in [2.24, 2.45) is 0 Å². The number of allylic oxidation sites excluding steroid dienone is 1. The Morgan fingerprint density at radius 3 is 2.93 bits per heavy atom. The summed E-state index contributed by atoms with van der Waals surface area (Å²) >= 11 is 0. The van der Waals surface area contributed by atoms with Gasteiger partial charge in [0.25, 0.3) is 0 Å². The number of anilines is 1. The summed E-state index contributed by atoms with van der Waals surface area (Å²) < 4.78 is 5.83. The monoisotopic (exact) mass is 365 g/mol. The van der Waals surface area contributed by atoms with Crippen LogP contribution in [0.3, 0.4) is 0 Å². The lowest BCUT2D eigenvalue weighted by atomic mass is 10.1. The molecule has 1 aromatic carbocycles. The summed E-state index contributed by atoms with van der Waals surface area (Å²) in [6.07, 6.45) is 7.48. The zero-order chi connectivity index (χ0) is 19.1. The molecule has 1 fully saturated rings. The van der Waals surface area contributed by atoms with Gasteiger partial charge in [0.15, 0.2) is 5.75 Å². The highest BCUT2D eigenvalue weighted by molar-refractivity contribution is 5.98. The number of pyridine rings is 1. The Morgan fingerprint density at radius 2 is 2.15 bits per heavy atom. The molecule has 1 atom stereocenters. The van der Waals surface area contributed by atoms with Crippen LogP contribution in [0.15, 0.2) is 61.4 Å². The van der Waals surface area contributed by atoms with E-state index < -0.39 is 6.04 Å². The van der Waals surface area contributed by atoms with E-state index in [2.05, 4.69) is 16.9 Å². The van der Waals surface area contributed by atoms with Crippen molar-refractivity contribution in [2.45, 2.75) is 31.7 Å². The molecule has 3 rings (SSSR count). The Balaban J connectivity index is 1.70. The van der Waals surface area contributed by atoms with Crippen molar-refractivity contribution in [3.63, 3.8) is 0 Å². The second-order valence-corrected chi connectivity index (χ2v) is 6.35. The van der Waals surface area contributed by atoms with Crippen molar-refractivity contribution >= 4 is 17.5 Å². The highest BCUT2D eigenvalue weighted by Crippen LogP contribution is 2.30. The van der Waals surface area contributed by atoms with Crippen molar-refractivity contribution in [1.82, 2.24) is 9.88 Å². The van der Waals surface area contributed by atoms with Crippen LogP contribution in [0.1, 0.15) is 25.7 Å². The zero-order valence-electron chi connectivity index (χ0n) is 15.1. The lowest BCUT2D eigenvalue weighted by molar-refractivity contribution is -0.136. The van der Waals surface area contributed by atoms with Gasteiger partial charge in [0, 0.05) is 19.2 Å². The largest absolute Gasteiger partial charge is 0.454 e. The summed E-state index contributed by atoms with van der Waals surface area (Å²) in [6, 6.07) is 10.3. The third-order valence-corrected chi connectivity index (χ3v) is 4.45. The molecule has 6 heteroatoms. The maximum atomic E-state index is 12.8. The maximum absolute atomic E-state index is 12.8. The first-order chi connectivity index (χ1) is 13.2. The third kappa shape index (κ3) is 4.73. The van der Waals surface area contributed by atoms with Crippen LogP contribution in [0, 0.1) is 0 Å². The summed E-state index contributed by atoms with van der Waals surface area (Å²) in [4.78, 5) is 30.9. The summed E-state index contributed by atoms with van der Waals surface area (Å²) in [6.45, 7) is 4.26. The summed E-state index contributed by atoms with van der Waals surface area (Å²) in [5.74, 6) is 0.914. The smallest absolute Gasteiger partial charge is 0.247 e. The molecule has 0 radical (unpaired) electrons. The molecule has 1 aromatic heterocycles. The molecule has 0 aliphatic carbocycles. The van der Waals surface area contributed by atoms with Crippen molar-refractivity contribution < 1.29 is 14.3 Å². The predicted octanol–water partition coefficient (Wildman–Crippen LogP) is 3.77. The Labute approximate surface area is 158 Å². The van der Waals surface area contributed by atoms with Crippen LogP contribution < -0.4 is 10.1 Å². The third-order valence-electron chi connectivity index (χ3n) is 4.45. The fourth-order valence-electron chi connectivity index (χ4n) is 3.12. The average molecular weight is 365 g/mol. The minimum absolute atomic E-state index is 0.00700. The molecule has 1 N–H and O–H groups in total.